The average molecular weight is 388 g/mol. The van der Waals surface area contributed by atoms with Gasteiger partial charge in [-0.3, -0.25) is 14.9 Å². The maximum absolute atomic E-state index is 12.1. The first-order valence-electron chi connectivity index (χ1n) is 9.40. The fraction of sp³-hybridized carbons (Fsp3) is 0.450. The summed E-state index contributed by atoms with van der Waals surface area (Å²) in [5, 5.41) is 13.6. The fourth-order valence-corrected chi connectivity index (χ4v) is 4.21. The number of nitrogens with one attached hydrogen (secondary N) is 1. The van der Waals surface area contributed by atoms with Crippen molar-refractivity contribution in [3.05, 3.63) is 63.0 Å². The lowest BCUT2D eigenvalue weighted by atomic mass is 9.90. The van der Waals surface area contributed by atoms with Crippen molar-refractivity contribution in [2.24, 2.45) is 5.92 Å². The zero-order valence-corrected chi connectivity index (χ0v) is 16.1. The van der Waals surface area contributed by atoms with Crippen LogP contribution in [-0.2, 0) is 6.42 Å². The van der Waals surface area contributed by atoms with Gasteiger partial charge in [0.25, 0.3) is 5.91 Å². The number of nitrogens with zero attached hydrogens (tertiary/aromatic N) is 2. The number of carbonyl (C=O) groups excluding carboxylic acids is 1. The lowest BCUT2D eigenvalue weighted by molar-refractivity contribution is -0.380. The van der Waals surface area contributed by atoms with Crippen LogP contribution in [0.15, 0.2) is 42.5 Å². The van der Waals surface area contributed by atoms with Crippen molar-refractivity contribution in [2.75, 3.05) is 26.2 Å². The summed E-state index contributed by atoms with van der Waals surface area (Å²) in [7, 11) is 0. The largest absolute Gasteiger partial charge is 0.350 e. The summed E-state index contributed by atoms with van der Waals surface area (Å²) in [6.07, 6.45) is 4.80. The molecule has 3 rings (SSSR count). The van der Waals surface area contributed by atoms with Crippen LogP contribution in [-0.4, -0.2) is 41.9 Å². The second-order valence-electron chi connectivity index (χ2n) is 6.96. The number of rotatable bonds is 8. The maximum atomic E-state index is 12.1. The molecule has 0 spiro atoms. The first-order valence-corrected chi connectivity index (χ1v) is 10.2. The van der Waals surface area contributed by atoms with Crippen LogP contribution in [0.25, 0.3) is 0 Å². The van der Waals surface area contributed by atoms with Crippen LogP contribution in [0.1, 0.15) is 34.5 Å². The van der Waals surface area contributed by atoms with Gasteiger partial charge in [-0.05, 0) is 56.3 Å². The van der Waals surface area contributed by atoms with Crippen molar-refractivity contribution in [2.45, 2.75) is 25.7 Å². The van der Waals surface area contributed by atoms with Gasteiger partial charge in [0.05, 0.1) is 9.80 Å². The molecule has 7 heteroatoms. The number of hydrogen-bond acceptors (Lipinski definition) is 5. The van der Waals surface area contributed by atoms with E-state index >= 15 is 0 Å². The highest BCUT2D eigenvalue weighted by Gasteiger charge is 2.19. The third-order valence-electron chi connectivity index (χ3n) is 5.10. The van der Waals surface area contributed by atoms with Crippen molar-refractivity contribution in [3.63, 3.8) is 0 Å². The van der Waals surface area contributed by atoms with E-state index in [1.165, 1.54) is 37.0 Å². The van der Waals surface area contributed by atoms with Crippen molar-refractivity contribution >= 4 is 22.2 Å². The fourth-order valence-electron chi connectivity index (χ4n) is 3.48. The Balaban J connectivity index is 1.32. The summed E-state index contributed by atoms with van der Waals surface area (Å²) in [4.78, 5) is 25.0. The van der Waals surface area contributed by atoms with Crippen LogP contribution in [0.2, 0.25) is 0 Å². The third kappa shape index (κ3) is 5.87. The Labute approximate surface area is 163 Å². The van der Waals surface area contributed by atoms with E-state index in [-0.39, 0.29) is 10.9 Å². The van der Waals surface area contributed by atoms with E-state index in [0.29, 0.717) is 11.4 Å². The third-order valence-corrected chi connectivity index (χ3v) is 6.14. The number of likely N-dealkylation sites (tertiary alicyclic amines) is 1. The Morgan fingerprint density at radius 2 is 1.93 bits per heavy atom. The van der Waals surface area contributed by atoms with Gasteiger partial charge in [0.1, 0.15) is 0 Å². The summed E-state index contributed by atoms with van der Waals surface area (Å²) in [5.41, 5.74) is 1.41. The van der Waals surface area contributed by atoms with E-state index < -0.39 is 4.92 Å². The van der Waals surface area contributed by atoms with Crippen LogP contribution in [0.3, 0.4) is 0 Å². The summed E-state index contributed by atoms with van der Waals surface area (Å²) < 4.78 is 0. The number of thiophene rings is 1. The normalized spacial score (nSPS) is 15.6. The van der Waals surface area contributed by atoms with E-state index in [1.807, 2.05) is 0 Å². The molecule has 0 aliphatic carbocycles. The molecule has 1 aromatic heterocycles. The zero-order valence-electron chi connectivity index (χ0n) is 15.3. The number of hydrogen-bond donors (Lipinski definition) is 1. The van der Waals surface area contributed by atoms with Gasteiger partial charge in [-0.2, -0.15) is 0 Å². The van der Waals surface area contributed by atoms with E-state index in [9.17, 15) is 14.9 Å². The molecule has 1 aliphatic heterocycles. The van der Waals surface area contributed by atoms with Gasteiger partial charge >= 0.3 is 5.00 Å². The molecule has 144 valence electrons. The lowest BCUT2D eigenvalue weighted by Crippen LogP contribution is -2.39. The molecule has 0 bridgehead atoms. The van der Waals surface area contributed by atoms with Crippen molar-refractivity contribution in [3.8, 4) is 0 Å². The Morgan fingerprint density at radius 3 is 2.59 bits per heavy atom. The standard InChI is InChI=1S/C20H25N3O3S/c24-20(18-8-9-19(27-18)23(25)26)21-12-15-22-13-10-17(11-14-22)7-6-16-4-2-1-3-5-16/h1-5,8-9,17H,6-7,10-15H2,(H,21,24). The number of aryl methyl sites for hydroxylation is 1. The summed E-state index contributed by atoms with van der Waals surface area (Å²) in [6, 6.07) is 13.5. The zero-order chi connectivity index (χ0) is 19.1. The van der Waals surface area contributed by atoms with Crippen molar-refractivity contribution in [1.29, 1.82) is 0 Å². The highest BCUT2D eigenvalue weighted by atomic mass is 32.1. The molecule has 0 unspecified atom stereocenters. The number of amides is 1. The van der Waals surface area contributed by atoms with Crippen LogP contribution in [0.4, 0.5) is 5.00 Å². The van der Waals surface area contributed by atoms with Crippen LogP contribution in [0.5, 0.6) is 0 Å². The van der Waals surface area contributed by atoms with E-state index in [0.717, 1.165) is 43.3 Å². The van der Waals surface area contributed by atoms with E-state index in [2.05, 4.69) is 40.5 Å². The molecule has 0 saturated carbocycles. The van der Waals surface area contributed by atoms with E-state index in [4.69, 9.17) is 0 Å². The van der Waals surface area contributed by atoms with Gasteiger partial charge in [0, 0.05) is 19.2 Å². The van der Waals surface area contributed by atoms with Gasteiger partial charge in [0.15, 0.2) is 0 Å². The summed E-state index contributed by atoms with van der Waals surface area (Å²) >= 11 is 0.914. The van der Waals surface area contributed by atoms with Crippen LogP contribution < -0.4 is 5.32 Å². The Hall–Kier alpha value is -2.25. The molecule has 0 radical (unpaired) electrons. The summed E-state index contributed by atoms with van der Waals surface area (Å²) in [6.45, 7) is 3.53. The molecule has 1 saturated heterocycles. The van der Waals surface area contributed by atoms with Gasteiger partial charge in [-0.1, -0.05) is 41.7 Å². The second kappa shape index (κ2) is 9.62. The minimum atomic E-state index is -0.469. The first kappa shape index (κ1) is 19.5. The maximum Gasteiger partial charge on any atom is 0.324 e. The molecule has 1 N–H and O–H groups in total. The number of carbonyl (C=O) groups is 1. The highest BCUT2D eigenvalue weighted by molar-refractivity contribution is 7.17. The lowest BCUT2D eigenvalue weighted by Gasteiger charge is -2.32. The highest BCUT2D eigenvalue weighted by Crippen LogP contribution is 2.24. The molecule has 27 heavy (non-hydrogen) atoms. The van der Waals surface area contributed by atoms with Crippen LogP contribution in [0, 0.1) is 16.0 Å². The predicted octanol–water partition coefficient (Wildman–Crippen LogP) is 3.73. The Kier molecular flexibility index (Phi) is 6.95. The smallest absolute Gasteiger partial charge is 0.324 e. The quantitative estimate of drug-likeness (QED) is 0.553. The number of benzene rings is 1. The van der Waals surface area contributed by atoms with Gasteiger partial charge in [0.2, 0.25) is 0 Å². The first-order chi connectivity index (χ1) is 13.1. The second-order valence-corrected chi connectivity index (χ2v) is 8.02. The molecular weight excluding hydrogens is 362 g/mol. The SMILES string of the molecule is O=C(NCCN1CCC(CCc2ccccc2)CC1)c1ccc([N+](=O)[O-])s1. The van der Waals surface area contributed by atoms with E-state index in [1.54, 1.807) is 0 Å². The van der Waals surface area contributed by atoms with Gasteiger partial charge in [-0.15, -0.1) is 0 Å². The van der Waals surface area contributed by atoms with Gasteiger partial charge in [-0.25, -0.2) is 0 Å². The number of piperidine rings is 1. The molecule has 1 aromatic carbocycles. The minimum absolute atomic E-state index is 0.00211. The van der Waals surface area contributed by atoms with Crippen LogP contribution >= 0.6 is 11.3 Å². The molecule has 1 fully saturated rings. The molecule has 2 heterocycles. The molecule has 1 amide bonds. The predicted molar refractivity (Wildman–Crippen MR) is 107 cm³/mol. The number of nitro groups is 1. The molecule has 2 aromatic rings. The van der Waals surface area contributed by atoms with Crippen molar-refractivity contribution < 1.29 is 9.72 Å². The Bertz CT molecular complexity index is 755. The monoisotopic (exact) mass is 387 g/mol. The van der Waals surface area contributed by atoms with Crippen molar-refractivity contribution in [1.82, 2.24) is 10.2 Å². The average Bonchev–Trinajstić information content (AvgIpc) is 3.19. The molecular formula is C20H25N3O3S. The molecule has 1 aliphatic rings. The van der Waals surface area contributed by atoms with Gasteiger partial charge < -0.3 is 10.2 Å². The Morgan fingerprint density at radius 1 is 1.19 bits per heavy atom. The summed E-state index contributed by atoms with van der Waals surface area (Å²) in [5.74, 6) is 0.550. The topological polar surface area (TPSA) is 75.5 Å². The molecule has 0 atom stereocenters. The molecule has 6 nitrogen and oxygen atoms in total. The minimum Gasteiger partial charge on any atom is -0.350 e.